The molecule has 1 unspecified atom stereocenters. The van der Waals surface area contributed by atoms with E-state index in [0.717, 1.165) is 11.0 Å². The van der Waals surface area contributed by atoms with Crippen molar-refractivity contribution in [2.45, 2.75) is 57.3 Å². The summed E-state index contributed by atoms with van der Waals surface area (Å²) < 4.78 is 2.07. The highest BCUT2D eigenvalue weighted by Crippen LogP contribution is 2.31. The van der Waals surface area contributed by atoms with Gasteiger partial charge in [0.1, 0.15) is 5.82 Å². The van der Waals surface area contributed by atoms with Crippen LogP contribution in [-0.4, -0.2) is 22.4 Å². The summed E-state index contributed by atoms with van der Waals surface area (Å²) in [5.41, 5.74) is 2.52. The number of aryl methyl sites for hydroxylation is 2. The number of anilines is 1. The predicted octanol–water partition coefficient (Wildman–Crippen LogP) is 3.78. The molecule has 0 aromatic carbocycles. The first-order valence-corrected chi connectivity index (χ1v) is 8.16. The minimum atomic E-state index is 0.681. The molecule has 2 heterocycles. The van der Waals surface area contributed by atoms with Crippen molar-refractivity contribution in [3.8, 4) is 0 Å². The Balaban J connectivity index is 2.38. The number of halogens is 1. The molecule has 4 heteroatoms. The lowest BCUT2D eigenvalue weighted by atomic mass is 10.1. The van der Waals surface area contributed by atoms with E-state index in [1.165, 1.54) is 50.0 Å². The van der Waals surface area contributed by atoms with Crippen molar-refractivity contribution in [2.75, 3.05) is 11.4 Å². The molecule has 1 fully saturated rings. The van der Waals surface area contributed by atoms with Gasteiger partial charge in [-0.3, -0.25) is 4.68 Å². The van der Waals surface area contributed by atoms with E-state index in [9.17, 15) is 0 Å². The molecule has 0 spiro atoms. The maximum atomic E-state index is 4.60. The zero-order valence-corrected chi connectivity index (χ0v) is 13.3. The molecule has 0 bridgehead atoms. The van der Waals surface area contributed by atoms with Gasteiger partial charge in [-0.05, 0) is 26.2 Å². The van der Waals surface area contributed by atoms with Crippen molar-refractivity contribution >= 4 is 21.7 Å². The predicted molar refractivity (Wildman–Crippen MR) is 80.5 cm³/mol. The van der Waals surface area contributed by atoms with Crippen molar-refractivity contribution in [1.82, 2.24) is 9.78 Å². The monoisotopic (exact) mass is 313 g/mol. The van der Waals surface area contributed by atoms with E-state index in [1.807, 2.05) is 0 Å². The van der Waals surface area contributed by atoms with E-state index >= 15 is 0 Å². The minimum absolute atomic E-state index is 0.681. The maximum Gasteiger partial charge on any atom is 0.131 e. The SMILES string of the molecule is CCC1CCCCCN1c1c(CBr)c(C)nn1C. The zero-order chi connectivity index (χ0) is 13.1. The van der Waals surface area contributed by atoms with E-state index in [4.69, 9.17) is 0 Å². The second-order valence-electron chi connectivity index (χ2n) is 5.25. The third-order valence-electron chi connectivity index (χ3n) is 4.07. The van der Waals surface area contributed by atoms with Gasteiger partial charge in [0.2, 0.25) is 0 Å². The molecule has 1 aromatic heterocycles. The molecule has 102 valence electrons. The number of hydrogen-bond acceptors (Lipinski definition) is 2. The minimum Gasteiger partial charge on any atom is -0.354 e. The average molecular weight is 314 g/mol. The Morgan fingerprint density at radius 2 is 2.11 bits per heavy atom. The molecule has 1 aliphatic rings. The molecule has 1 atom stereocenters. The first kappa shape index (κ1) is 13.9. The van der Waals surface area contributed by atoms with Crippen LogP contribution in [0.1, 0.15) is 50.3 Å². The Labute approximate surface area is 119 Å². The Bertz CT molecular complexity index is 400. The number of alkyl halides is 1. The molecule has 2 rings (SSSR count). The molecular weight excluding hydrogens is 290 g/mol. The lowest BCUT2D eigenvalue weighted by molar-refractivity contribution is 0.541. The van der Waals surface area contributed by atoms with Crippen molar-refractivity contribution in [3.05, 3.63) is 11.3 Å². The molecule has 0 aliphatic carbocycles. The lowest BCUT2D eigenvalue weighted by Gasteiger charge is -2.32. The summed E-state index contributed by atoms with van der Waals surface area (Å²) >= 11 is 3.62. The van der Waals surface area contributed by atoms with E-state index in [1.54, 1.807) is 0 Å². The fourth-order valence-electron chi connectivity index (χ4n) is 3.09. The zero-order valence-electron chi connectivity index (χ0n) is 11.7. The number of aromatic nitrogens is 2. The summed E-state index contributed by atoms with van der Waals surface area (Å²) in [5.74, 6) is 1.33. The van der Waals surface area contributed by atoms with Gasteiger partial charge in [0.15, 0.2) is 0 Å². The normalized spacial score (nSPS) is 21.1. The number of nitrogens with zero attached hydrogens (tertiary/aromatic N) is 3. The molecular formula is C14H24BrN3. The van der Waals surface area contributed by atoms with Crippen LogP contribution in [0, 0.1) is 6.92 Å². The second-order valence-corrected chi connectivity index (χ2v) is 5.81. The van der Waals surface area contributed by atoms with Crippen molar-refractivity contribution in [3.63, 3.8) is 0 Å². The molecule has 3 nitrogen and oxygen atoms in total. The summed E-state index contributed by atoms with van der Waals surface area (Å²) in [6.07, 6.45) is 6.60. The third-order valence-corrected chi connectivity index (χ3v) is 4.63. The topological polar surface area (TPSA) is 21.1 Å². The third kappa shape index (κ3) is 2.58. The maximum absolute atomic E-state index is 4.60. The van der Waals surface area contributed by atoms with Crippen molar-refractivity contribution in [2.24, 2.45) is 7.05 Å². The van der Waals surface area contributed by atoms with E-state index in [0.29, 0.717) is 6.04 Å². The Kier molecular flexibility index (Phi) is 4.71. The van der Waals surface area contributed by atoms with Crippen LogP contribution in [0.4, 0.5) is 5.82 Å². The summed E-state index contributed by atoms with van der Waals surface area (Å²) in [6.45, 7) is 5.59. The van der Waals surface area contributed by atoms with Gasteiger partial charge in [0.25, 0.3) is 0 Å². The summed E-state index contributed by atoms with van der Waals surface area (Å²) in [7, 11) is 2.08. The summed E-state index contributed by atoms with van der Waals surface area (Å²) in [4.78, 5) is 2.60. The molecule has 1 aliphatic heterocycles. The van der Waals surface area contributed by atoms with Gasteiger partial charge in [-0.25, -0.2) is 0 Å². The van der Waals surface area contributed by atoms with Crippen LogP contribution in [0.15, 0.2) is 0 Å². The van der Waals surface area contributed by atoms with E-state index in [-0.39, 0.29) is 0 Å². The van der Waals surface area contributed by atoms with E-state index in [2.05, 4.69) is 51.5 Å². The van der Waals surface area contributed by atoms with Gasteiger partial charge in [-0.1, -0.05) is 35.7 Å². The first-order valence-electron chi connectivity index (χ1n) is 7.04. The van der Waals surface area contributed by atoms with Gasteiger partial charge in [0.05, 0.1) is 5.69 Å². The molecule has 18 heavy (non-hydrogen) atoms. The highest BCUT2D eigenvalue weighted by Gasteiger charge is 2.25. The summed E-state index contributed by atoms with van der Waals surface area (Å²) in [6, 6.07) is 0.681. The van der Waals surface area contributed by atoms with Crippen LogP contribution in [0.3, 0.4) is 0 Å². The summed E-state index contributed by atoms with van der Waals surface area (Å²) in [5, 5.41) is 5.50. The second kappa shape index (κ2) is 6.09. The van der Waals surface area contributed by atoms with Crippen LogP contribution in [0.25, 0.3) is 0 Å². The van der Waals surface area contributed by atoms with Crippen LogP contribution in [0.5, 0.6) is 0 Å². The molecule has 0 N–H and O–H groups in total. The first-order chi connectivity index (χ1) is 8.69. The highest BCUT2D eigenvalue weighted by atomic mass is 79.9. The quantitative estimate of drug-likeness (QED) is 0.792. The fraction of sp³-hybridized carbons (Fsp3) is 0.786. The van der Waals surface area contributed by atoms with Crippen LogP contribution in [0.2, 0.25) is 0 Å². The van der Waals surface area contributed by atoms with Gasteiger partial charge in [0, 0.05) is 30.5 Å². The highest BCUT2D eigenvalue weighted by molar-refractivity contribution is 9.08. The van der Waals surface area contributed by atoms with E-state index < -0.39 is 0 Å². The lowest BCUT2D eigenvalue weighted by Crippen LogP contribution is -2.36. The number of rotatable bonds is 3. The molecule has 0 radical (unpaired) electrons. The smallest absolute Gasteiger partial charge is 0.131 e. The van der Waals surface area contributed by atoms with Crippen LogP contribution < -0.4 is 4.90 Å². The number of hydrogen-bond donors (Lipinski definition) is 0. The van der Waals surface area contributed by atoms with Crippen LogP contribution in [-0.2, 0) is 12.4 Å². The van der Waals surface area contributed by atoms with Crippen LogP contribution >= 0.6 is 15.9 Å². The Morgan fingerprint density at radius 1 is 1.33 bits per heavy atom. The Hall–Kier alpha value is -0.510. The fourth-order valence-corrected chi connectivity index (χ4v) is 3.74. The standard InChI is InChI=1S/C14H24BrN3/c1-4-12-8-6-5-7-9-18(12)14-13(10-15)11(2)16-17(14)3/h12H,4-10H2,1-3H3. The van der Waals surface area contributed by atoms with Gasteiger partial charge in [-0.15, -0.1) is 0 Å². The molecule has 0 amide bonds. The van der Waals surface area contributed by atoms with Crippen molar-refractivity contribution < 1.29 is 0 Å². The van der Waals surface area contributed by atoms with Gasteiger partial charge < -0.3 is 4.90 Å². The Morgan fingerprint density at radius 3 is 2.78 bits per heavy atom. The molecule has 1 aromatic rings. The average Bonchev–Trinajstić information content (AvgIpc) is 2.55. The van der Waals surface area contributed by atoms with Gasteiger partial charge >= 0.3 is 0 Å². The molecule has 0 saturated carbocycles. The molecule has 1 saturated heterocycles. The van der Waals surface area contributed by atoms with Crippen molar-refractivity contribution in [1.29, 1.82) is 0 Å². The van der Waals surface area contributed by atoms with Gasteiger partial charge in [-0.2, -0.15) is 5.10 Å². The largest absolute Gasteiger partial charge is 0.354 e.